The molecule has 0 aromatic heterocycles. The standard InChI is InChI=1S/C15H16O5/c1-15-4-2-3-7-8-6-11(16)20-13(17)9(8)5-10(12(7)15)19-14(15)18/h5-7,10,12-13,17H,2-4H2,1H3. The molecule has 0 bridgehead atoms. The van der Waals surface area contributed by atoms with Gasteiger partial charge >= 0.3 is 11.9 Å². The summed E-state index contributed by atoms with van der Waals surface area (Å²) in [5, 5.41) is 9.93. The van der Waals surface area contributed by atoms with Gasteiger partial charge in [0.1, 0.15) is 6.10 Å². The van der Waals surface area contributed by atoms with Crippen LogP contribution in [0.3, 0.4) is 0 Å². The lowest BCUT2D eigenvalue weighted by molar-refractivity contribution is -0.158. The molecular formula is C15H16O5. The Morgan fingerprint density at radius 2 is 2.10 bits per heavy atom. The third-order valence-electron chi connectivity index (χ3n) is 5.29. The molecule has 0 radical (unpaired) electrons. The van der Waals surface area contributed by atoms with Crippen molar-refractivity contribution in [1.29, 1.82) is 0 Å². The van der Waals surface area contributed by atoms with Crippen LogP contribution < -0.4 is 0 Å². The zero-order chi connectivity index (χ0) is 14.1. The fraction of sp³-hybridized carbons (Fsp3) is 0.600. The first kappa shape index (κ1) is 12.1. The molecule has 4 aliphatic rings. The number of aliphatic hydroxyl groups is 1. The van der Waals surface area contributed by atoms with Crippen LogP contribution in [0.15, 0.2) is 23.3 Å². The number of rotatable bonds is 0. The summed E-state index contributed by atoms with van der Waals surface area (Å²) in [5.74, 6) is -0.514. The van der Waals surface area contributed by atoms with Crippen molar-refractivity contribution < 1.29 is 24.2 Å². The minimum absolute atomic E-state index is 0.0665. The van der Waals surface area contributed by atoms with Gasteiger partial charge in [-0.05, 0) is 37.3 Å². The van der Waals surface area contributed by atoms with Crippen LogP contribution in [0, 0.1) is 17.3 Å². The molecule has 5 nitrogen and oxygen atoms in total. The van der Waals surface area contributed by atoms with Gasteiger partial charge in [-0.3, -0.25) is 4.79 Å². The molecular weight excluding hydrogens is 260 g/mol. The first-order valence-electron chi connectivity index (χ1n) is 7.04. The Balaban J connectivity index is 1.87. The van der Waals surface area contributed by atoms with Gasteiger partial charge < -0.3 is 14.6 Å². The van der Waals surface area contributed by atoms with E-state index in [1.54, 1.807) is 6.08 Å². The molecule has 5 unspecified atom stereocenters. The van der Waals surface area contributed by atoms with Gasteiger partial charge in [0.05, 0.1) is 5.41 Å². The highest BCUT2D eigenvalue weighted by atomic mass is 16.6. The largest absolute Gasteiger partial charge is 0.457 e. The maximum Gasteiger partial charge on any atom is 0.333 e. The summed E-state index contributed by atoms with van der Waals surface area (Å²) >= 11 is 0. The molecule has 2 aliphatic carbocycles. The quantitative estimate of drug-likeness (QED) is 0.670. The molecule has 20 heavy (non-hydrogen) atoms. The zero-order valence-corrected chi connectivity index (χ0v) is 11.2. The number of esters is 2. The van der Waals surface area contributed by atoms with Crippen molar-refractivity contribution >= 4 is 11.9 Å². The van der Waals surface area contributed by atoms with Gasteiger partial charge in [-0.15, -0.1) is 0 Å². The minimum atomic E-state index is -1.24. The third-order valence-corrected chi connectivity index (χ3v) is 5.29. The van der Waals surface area contributed by atoms with E-state index in [1.807, 2.05) is 6.92 Å². The minimum Gasteiger partial charge on any atom is -0.457 e. The smallest absolute Gasteiger partial charge is 0.333 e. The maximum atomic E-state index is 12.2. The van der Waals surface area contributed by atoms with E-state index < -0.39 is 17.7 Å². The van der Waals surface area contributed by atoms with Crippen molar-refractivity contribution in [2.45, 2.75) is 38.6 Å². The number of hydrogen-bond donors (Lipinski definition) is 1. The van der Waals surface area contributed by atoms with Crippen LogP contribution in [0.25, 0.3) is 0 Å². The fourth-order valence-corrected chi connectivity index (χ4v) is 4.36. The van der Waals surface area contributed by atoms with Crippen LogP contribution in [0.5, 0.6) is 0 Å². The molecule has 1 N–H and O–H groups in total. The van der Waals surface area contributed by atoms with Gasteiger partial charge in [0, 0.05) is 17.6 Å². The number of cyclic esters (lactones) is 1. The molecule has 1 saturated carbocycles. The molecule has 106 valence electrons. The van der Waals surface area contributed by atoms with Gasteiger partial charge in [-0.25, -0.2) is 4.79 Å². The molecule has 0 aromatic carbocycles. The SMILES string of the molecule is CC12CCCC3C4=CC(=O)OC(O)C4=CC(OC1=O)C32. The Morgan fingerprint density at radius 1 is 1.30 bits per heavy atom. The molecule has 4 rings (SSSR count). The van der Waals surface area contributed by atoms with E-state index >= 15 is 0 Å². The Labute approximate surface area is 116 Å². The van der Waals surface area contributed by atoms with Crippen LogP contribution in [0.4, 0.5) is 0 Å². The second-order valence-corrected chi connectivity index (χ2v) is 6.32. The zero-order valence-electron chi connectivity index (χ0n) is 11.2. The fourth-order valence-electron chi connectivity index (χ4n) is 4.36. The van der Waals surface area contributed by atoms with E-state index in [9.17, 15) is 14.7 Å². The molecule has 5 atom stereocenters. The topological polar surface area (TPSA) is 72.8 Å². The normalized spacial score (nSPS) is 45.7. The average Bonchev–Trinajstić information content (AvgIpc) is 2.64. The Hall–Kier alpha value is -1.62. The van der Waals surface area contributed by atoms with E-state index in [1.165, 1.54) is 6.08 Å². The van der Waals surface area contributed by atoms with Gasteiger partial charge in [-0.1, -0.05) is 6.42 Å². The molecule has 0 spiro atoms. The summed E-state index contributed by atoms with van der Waals surface area (Å²) in [4.78, 5) is 23.7. The van der Waals surface area contributed by atoms with Gasteiger partial charge in [0.25, 0.3) is 0 Å². The lowest BCUT2D eigenvalue weighted by atomic mass is 9.57. The Bertz CT molecular complexity index is 575. The van der Waals surface area contributed by atoms with Gasteiger partial charge in [0.15, 0.2) is 0 Å². The number of hydrogen-bond acceptors (Lipinski definition) is 5. The van der Waals surface area contributed by atoms with Crippen molar-refractivity contribution in [3.63, 3.8) is 0 Å². The number of ether oxygens (including phenoxy) is 2. The molecule has 0 aromatic rings. The Morgan fingerprint density at radius 3 is 2.90 bits per heavy atom. The van der Waals surface area contributed by atoms with Crippen LogP contribution in [0.2, 0.25) is 0 Å². The predicted molar refractivity (Wildman–Crippen MR) is 67.1 cm³/mol. The first-order chi connectivity index (χ1) is 9.50. The van der Waals surface area contributed by atoms with Crippen LogP contribution in [0.1, 0.15) is 26.2 Å². The molecule has 2 fully saturated rings. The first-order valence-corrected chi connectivity index (χ1v) is 7.04. The third kappa shape index (κ3) is 1.36. The van der Waals surface area contributed by atoms with Crippen molar-refractivity contribution in [1.82, 2.24) is 0 Å². The van der Waals surface area contributed by atoms with Gasteiger partial charge in [-0.2, -0.15) is 0 Å². The van der Waals surface area contributed by atoms with E-state index in [0.29, 0.717) is 5.57 Å². The number of carbonyl (C=O) groups is 2. The lowest BCUT2D eigenvalue weighted by Crippen LogP contribution is -2.45. The van der Waals surface area contributed by atoms with Crippen molar-refractivity contribution in [3.05, 3.63) is 23.3 Å². The highest BCUT2D eigenvalue weighted by molar-refractivity contribution is 5.87. The predicted octanol–water partition coefficient (Wildman–Crippen LogP) is 1.08. The van der Waals surface area contributed by atoms with Crippen LogP contribution >= 0.6 is 0 Å². The summed E-state index contributed by atoms with van der Waals surface area (Å²) < 4.78 is 10.3. The molecule has 5 heteroatoms. The molecule has 2 heterocycles. The summed E-state index contributed by atoms with van der Waals surface area (Å²) in [6.07, 6.45) is 4.35. The lowest BCUT2D eigenvalue weighted by Gasteiger charge is -2.44. The number of carbonyl (C=O) groups excluding carboxylic acids is 2. The van der Waals surface area contributed by atoms with Crippen molar-refractivity contribution in [2.75, 3.05) is 0 Å². The highest BCUT2D eigenvalue weighted by Crippen LogP contribution is 2.57. The summed E-state index contributed by atoms with van der Waals surface area (Å²) in [6, 6.07) is 0. The van der Waals surface area contributed by atoms with E-state index in [0.717, 1.165) is 24.8 Å². The van der Waals surface area contributed by atoms with Crippen molar-refractivity contribution in [2.24, 2.45) is 17.3 Å². The summed E-state index contributed by atoms with van der Waals surface area (Å²) in [5.41, 5.74) is 0.956. The molecule has 0 amide bonds. The average molecular weight is 276 g/mol. The van der Waals surface area contributed by atoms with E-state index in [-0.39, 0.29) is 23.9 Å². The van der Waals surface area contributed by atoms with Gasteiger partial charge in [0.2, 0.25) is 6.29 Å². The summed E-state index contributed by atoms with van der Waals surface area (Å²) in [7, 11) is 0. The summed E-state index contributed by atoms with van der Waals surface area (Å²) in [6.45, 7) is 1.96. The number of fused-ring (bicyclic) bond motifs is 2. The number of aliphatic hydroxyl groups excluding tert-OH is 1. The molecule has 1 saturated heterocycles. The Kier molecular flexibility index (Phi) is 2.26. The van der Waals surface area contributed by atoms with Crippen molar-refractivity contribution in [3.8, 4) is 0 Å². The monoisotopic (exact) mass is 276 g/mol. The second kappa shape index (κ2) is 3.73. The van der Waals surface area contributed by atoms with Crippen LogP contribution in [-0.2, 0) is 19.1 Å². The maximum absolute atomic E-state index is 12.2. The van der Waals surface area contributed by atoms with Crippen LogP contribution in [-0.4, -0.2) is 29.4 Å². The van der Waals surface area contributed by atoms with E-state index in [2.05, 4.69) is 0 Å². The van der Waals surface area contributed by atoms with E-state index in [4.69, 9.17) is 9.47 Å². The molecule has 2 aliphatic heterocycles. The highest BCUT2D eigenvalue weighted by Gasteiger charge is 2.60. The second-order valence-electron chi connectivity index (χ2n) is 6.32.